The minimum absolute atomic E-state index is 0.0505. The lowest BCUT2D eigenvalue weighted by Gasteiger charge is -2.24. The van der Waals surface area contributed by atoms with Crippen molar-refractivity contribution in [3.63, 3.8) is 0 Å². The normalized spacial score (nSPS) is 22.7. The number of benzene rings is 2. The molecule has 3 rings (SSSR count). The Balaban J connectivity index is 1.90. The summed E-state index contributed by atoms with van der Waals surface area (Å²) in [4.78, 5) is 0. The van der Waals surface area contributed by atoms with Crippen molar-refractivity contribution in [1.29, 1.82) is 0 Å². The molecule has 2 aromatic carbocycles. The number of hydrogen-bond acceptors (Lipinski definition) is 2. The van der Waals surface area contributed by atoms with Gasteiger partial charge in [-0.05, 0) is 27.8 Å². The van der Waals surface area contributed by atoms with Gasteiger partial charge in [-0.1, -0.05) is 67.6 Å². The molecule has 0 saturated carbocycles. The molecule has 0 radical (unpaired) electrons. The molecule has 0 amide bonds. The lowest BCUT2D eigenvalue weighted by atomic mass is 9.99. The summed E-state index contributed by atoms with van der Waals surface area (Å²) >= 11 is 0. The van der Waals surface area contributed by atoms with Crippen molar-refractivity contribution >= 4 is 16.8 Å². The van der Waals surface area contributed by atoms with Gasteiger partial charge in [0.2, 0.25) is 0 Å². The van der Waals surface area contributed by atoms with Gasteiger partial charge in [0.05, 0.1) is 19.3 Å². The van der Waals surface area contributed by atoms with Gasteiger partial charge < -0.3 is 9.84 Å². The first kappa shape index (κ1) is 14.1. The number of rotatable bonds is 3. The first-order valence-corrected chi connectivity index (χ1v) is 7.37. The van der Waals surface area contributed by atoms with Crippen LogP contribution in [0, 0.1) is 5.92 Å². The molecule has 0 aliphatic carbocycles. The second-order valence-electron chi connectivity index (χ2n) is 5.56. The maximum Gasteiger partial charge on any atom is 0.0992 e. The van der Waals surface area contributed by atoms with Gasteiger partial charge in [-0.15, -0.1) is 0 Å². The van der Waals surface area contributed by atoms with Gasteiger partial charge in [0.1, 0.15) is 0 Å². The molecule has 1 aliphatic rings. The molecule has 1 N–H and O–H groups in total. The molecule has 2 nitrogen and oxygen atoms in total. The van der Waals surface area contributed by atoms with Crippen LogP contribution in [0.1, 0.15) is 12.5 Å². The van der Waals surface area contributed by atoms with Crippen LogP contribution in [-0.2, 0) is 4.74 Å². The molecule has 2 heteroatoms. The van der Waals surface area contributed by atoms with Crippen LogP contribution in [0.15, 0.2) is 60.2 Å². The van der Waals surface area contributed by atoms with Gasteiger partial charge in [-0.25, -0.2) is 0 Å². The fraction of sp³-hybridized carbons (Fsp3) is 0.263. The molecule has 21 heavy (non-hydrogen) atoms. The van der Waals surface area contributed by atoms with E-state index in [1.165, 1.54) is 16.3 Å². The SMILES string of the molecule is C[C@@H]1C=C(CO)[C@@H](C=Cc2cccc3ccccc23)OC1. The van der Waals surface area contributed by atoms with Crippen LogP contribution < -0.4 is 0 Å². The van der Waals surface area contributed by atoms with Crippen molar-refractivity contribution in [2.75, 3.05) is 13.2 Å². The van der Waals surface area contributed by atoms with E-state index in [2.05, 4.69) is 55.5 Å². The van der Waals surface area contributed by atoms with Gasteiger partial charge >= 0.3 is 0 Å². The fourth-order valence-electron chi connectivity index (χ4n) is 2.78. The summed E-state index contributed by atoms with van der Waals surface area (Å²) in [6.07, 6.45) is 6.12. The van der Waals surface area contributed by atoms with Crippen LogP contribution in [0.2, 0.25) is 0 Å². The van der Waals surface area contributed by atoms with E-state index in [0.29, 0.717) is 12.5 Å². The lowest BCUT2D eigenvalue weighted by molar-refractivity contribution is 0.0707. The minimum atomic E-state index is -0.120. The molecule has 0 bridgehead atoms. The molecule has 0 aromatic heterocycles. The maximum atomic E-state index is 9.47. The predicted molar refractivity (Wildman–Crippen MR) is 87.1 cm³/mol. The second kappa shape index (κ2) is 6.25. The quantitative estimate of drug-likeness (QED) is 0.866. The van der Waals surface area contributed by atoms with Crippen molar-refractivity contribution in [2.45, 2.75) is 13.0 Å². The summed E-state index contributed by atoms with van der Waals surface area (Å²) in [6, 6.07) is 14.6. The topological polar surface area (TPSA) is 29.5 Å². The highest BCUT2D eigenvalue weighted by atomic mass is 16.5. The summed E-state index contributed by atoms with van der Waals surface area (Å²) < 4.78 is 5.81. The van der Waals surface area contributed by atoms with E-state index in [0.717, 1.165) is 5.57 Å². The Kier molecular flexibility index (Phi) is 4.18. The summed E-state index contributed by atoms with van der Waals surface area (Å²) in [7, 11) is 0. The van der Waals surface area contributed by atoms with Crippen molar-refractivity contribution in [3.8, 4) is 0 Å². The number of ether oxygens (including phenoxy) is 1. The Hall–Kier alpha value is -1.90. The summed E-state index contributed by atoms with van der Waals surface area (Å²) in [5.74, 6) is 0.370. The molecule has 0 saturated heterocycles. The average Bonchev–Trinajstić information content (AvgIpc) is 2.53. The highest BCUT2D eigenvalue weighted by Crippen LogP contribution is 2.23. The maximum absolute atomic E-state index is 9.47. The molecule has 1 aliphatic heterocycles. The van der Waals surface area contributed by atoms with E-state index in [4.69, 9.17) is 4.74 Å². The van der Waals surface area contributed by atoms with E-state index >= 15 is 0 Å². The predicted octanol–water partition coefficient (Wildman–Crippen LogP) is 3.81. The van der Waals surface area contributed by atoms with Crippen molar-refractivity contribution in [2.24, 2.45) is 5.92 Å². The first-order valence-electron chi connectivity index (χ1n) is 7.37. The van der Waals surface area contributed by atoms with Gasteiger partial charge in [0.15, 0.2) is 0 Å². The number of fused-ring (bicyclic) bond motifs is 1. The minimum Gasteiger partial charge on any atom is -0.392 e. The van der Waals surface area contributed by atoms with Crippen molar-refractivity contribution < 1.29 is 9.84 Å². The molecular weight excluding hydrogens is 260 g/mol. The zero-order valence-electron chi connectivity index (χ0n) is 12.2. The van der Waals surface area contributed by atoms with Crippen LogP contribution in [-0.4, -0.2) is 24.4 Å². The average molecular weight is 280 g/mol. The number of hydrogen-bond donors (Lipinski definition) is 1. The molecule has 1 heterocycles. The van der Waals surface area contributed by atoms with Gasteiger partial charge in [-0.3, -0.25) is 0 Å². The van der Waals surface area contributed by atoms with Gasteiger partial charge in [0, 0.05) is 0 Å². The summed E-state index contributed by atoms with van der Waals surface area (Å²) in [5.41, 5.74) is 2.12. The smallest absolute Gasteiger partial charge is 0.0992 e. The summed E-state index contributed by atoms with van der Waals surface area (Å²) in [5, 5.41) is 11.9. The Morgan fingerprint density at radius 1 is 1.19 bits per heavy atom. The van der Waals surface area contributed by atoms with Crippen LogP contribution in [0.5, 0.6) is 0 Å². The molecule has 2 aromatic rings. The molecule has 0 spiro atoms. The first-order chi connectivity index (χ1) is 10.3. The number of aliphatic hydroxyl groups is 1. The third-order valence-corrected chi connectivity index (χ3v) is 3.86. The highest BCUT2D eigenvalue weighted by Gasteiger charge is 2.18. The van der Waals surface area contributed by atoms with E-state index in [9.17, 15) is 5.11 Å². The Morgan fingerprint density at radius 2 is 2.00 bits per heavy atom. The van der Waals surface area contributed by atoms with E-state index in [1.54, 1.807) is 0 Å². The van der Waals surface area contributed by atoms with Crippen LogP contribution in [0.3, 0.4) is 0 Å². The van der Waals surface area contributed by atoms with Crippen LogP contribution >= 0.6 is 0 Å². The zero-order valence-corrected chi connectivity index (χ0v) is 12.2. The third-order valence-electron chi connectivity index (χ3n) is 3.86. The lowest BCUT2D eigenvalue weighted by Crippen LogP contribution is -2.24. The highest BCUT2D eigenvalue weighted by molar-refractivity contribution is 5.90. The zero-order chi connectivity index (χ0) is 14.7. The second-order valence-corrected chi connectivity index (χ2v) is 5.56. The molecule has 0 unspecified atom stereocenters. The Bertz CT molecular complexity index is 680. The fourth-order valence-corrected chi connectivity index (χ4v) is 2.78. The monoisotopic (exact) mass is 280 g/mol. The molecule has 108 valence electrons. The van der Waals surface area contributed by atoms with E-state index in [1.807, 2.05) is 12.1 Å². The van der Waals surface area contributed by atoms with Gasteiger partial charge in [-0.2, -0.15) is 0 Å². The molecule has 0 fully saturated rings. The van der Waals surface area contributed by atoms with Gasteiger partial charge in [0.25, 0.3) is 0 Å². The number of aliphatic hydroxyl groups excluding tert-OH is 1. The van der Waals surface area contributed by atoms with Crippen LogP contribution in [0.4, 0.5) is 0 Å². The Labute approximate surface area is 125 Å². The van der Waals surface area contributed by atoms with Crippen molar-refractivity contribution in [1.82, 2.24) is 0 Å². The van der Waals surface area contributed by atoms with E-state index in [-0.39, 0.29) is 12.7 Å². The Morgan fingerprint density at radius 3 is 2.86 bits per heavy atom. The van der Waals surface area contributed by atoms with E-state index < -0.39 is 0 Å². The molecule has 2 atom stereocenters. The summed E-state index contributed by atoms with van der Waals surface area (Å²) in [6.45, 7) is 2.85. The third kappa shape index (κ3) is 3.07. The standard InChI is InChI=1S/C19H20O2/c1-14-11-17(12-20)19(21-13-14)10-9-16-7-4-6-15-5-2-3-8-18(15)16/h2-11,14,19-20H,12-13H2,1H3/t14-,19-/m1/s1. The van der Waals surface area contributed by atoms with Crippen LogP contribution in [0.25, 0.3) is 16.8 Å². The largest absolute Gasteiger partial charge is 0.392 e. The van der Waals surface area contributed by atoms with Crippen molar-refractivity contribution in [3.05, 3.63) is 65.8 Å². The molecular formula is C19H20O2.